The summed E-state index contributed by atoms with van der Waals surface area (Å²) in [5, 5.41) is 14.1. The number of nitro groups is 1. The number of aryl methyl sites for hydroxylation is 2. The maximum atomic E-state index is 13.8. The van der Waals surface area contributed by atoms with Crippen LogP contribution in [0.1, 0.15) is 40.9 Å². The number of aromatic amines is 1. The molecule has 4 rings (SSSR count). The maximum Gasteiger partial charge on any atom is 0.269 e. The predicted octanol–water partition coefficient (Wildman–Crippen LogP) is 5.06. The van der Waals surface area contributed by atoms with Crippen molar-refractivity contribution in [2.24, 2.45) is 0 Å². The number of halogens is 1. The molecule has 0 unspecified atom stereocenters. The average molecular weight is 633 g/mol. The van der Waals surface area contributed by atoms with E-state index in [0.29, 0.717) is 35.2 Å². The first kappa shape index (κ1) is 31.2. The summed E-state index contributed by atoms with van der Waals surface area (Å²) in [6.45, 7) is 3.96. The number of unbranched alkanes of at least 4 members (excludes halogenated alkanes) is 2. The molecule has 42 heavy (non-hydrogen) atoms. The maximum absolute atomic E-state index is 13.8. The largest absolute Gasteiger partial charge is 0.351 e. The van der Waals surface area contributed by atoms with Crippen LogP contribution >= 0.6 is 11.6 Å². The van der Waals surface area contributed by atoms with Crippen molar-refractivity contribution in [2.75, 3.05) is 13.1 Å². The van der Waals surface area contributed by atoms with Crippen molar-refractivity contribution < 1.29 is 26.6 Å². The van der Waals surface area contributed by atoms with Gasteiger partial charge in [0.1, 0.15) is 10.6 Å². The van der Waals surface area contributed by atoms with E-state index in [0.717, 1.165) is 23.3 Å². The summed E-state index contributed by atoms with van der Waals surface area (Å²) in [6, 6.07) is 14.3. The van der Waals surface area contributed by atoms with Crippen LogP contribution in [0.2, 0.25) is 5.02 Å². The van der Waals surface area contributed by atoms with Gasteiger partial charge in [-0.3, -0.25) is 14.9 Å². The van der Waals surface area contributed by atoms with Gasteiger partial charge in [0.15, 0.2) is 0 Å². The third kappa shape index (κ3) is 6.98. The number of aromatic nitrogens is 1. The van der Waals surface area contributed by atoms with E-state index in [4.69, 9.17) is 11.6 Å². The molecule has 1 aromatic heterocycles. The zero-order chi connectivity index (χ0) is 30.7. The Morgan fingerprint density at radius 1 is 0.881 bits per heavy atom. The van der Waals surface area contributed by atoms with E-state index >= 15 is 0 Å². The molecule has 11 nitrogen and oxygen atoms in total. The summed E-state index contributed by atoms with van der Waals surface area (Å²) in [7, 11) is -7.92. The second kappa shape index (κ2) is 12.6. The van der Waals surface area contributed by atoms with E-state index in [2.05, 4.69) is 15.0 Å². The predicted molar refractivity (Wildman–Crippen MR) is 159 cm³/mol. The van der Waals surface area contributed by atoms with Crippen LogP contribution in [0.4, 0.5) is 5.69 Å². The number of non-ortho nitro benzene ring substituents is 1. The van der Waals surface area contributed by atoms with Gasteiger partial charge in [0.05, 0.1) is 14.7 Å². The molecule has 1 amide bonds. The van der Waals surface area contributed by atoms with Crippen molar-refractivity contribution in [1.82, 2.24) is 15.0 Å². The number of benzene rings is 3. The number of nitrogens with one attached hydrogen (secondary N) is 3. The lowest BCUT2D eigenvalue weighted by atomic mass is 10.2. The molecule has 0 saturated heterocycles. The standard InChI is InChI=1S/C28H29ClN4O7S2/c1-18-14-19(2)16-23(15-18)41(37,38)27-24-17-20(29)6-11-25(24)32-26(27)28(34)30-12-4-3-5-13-31-42(39,40)22-9-7-21(8-10-22)33(35)36/h6-11,14-17,31-32H,3-5,12-13H2,1-2H3,(H,30,34). The second-order valence-corrected chi connectivity index (χ2v) is 13.9. The molecule has 3 N–H and O–H groups in total. The average Bonchev–Trinajstić information content (AvgIpc) is 3.31. The van der Waals surface area contributed by atoms with Crippen LogP contribution in [0.3, 0.4) is 0 Å². The van der Waals surface area contributed by atoms with Gasteiger partial charge < -0.3 is 10.3 Å². The van der Waals surface area contributed by atoms with Crippen LogP contribution in [0, 0.1) is 24.0 Å². The molecule has 3 aromatic carbocycles. The number of nitrogens with zero attached hydrogens (tertiary/aromatic N) is 1. The van der Waals surface area contributed by atoms with Gasteiger partial charge in [-0.2, -0.15) is 0 Å². The smallest absolute Gasteiger partial charge is 0.269 e. The lowest BCUT2D eigenvalue weighted by Crippen LogP contribution is -2.27. The highest BCUT2D eigenvalue weighted by Gasteiger charge is 2.30. The number of fused-ring (bicyclic) bond motifs is 1. The Balaban J connectivity index is 1.39. The molecule has 0 bridgehead atoms. The monoisotopic (exact) mass is 632 g/mol. The van der Waals surface area contributed by atoms with Crippen molar-refractivity contribution in [1.29, 1.82) is 0 Å². The molecule has 0 spiro atoms. The quantitative estimate of drug-likeness (QED) is 0.111. The van der Waals surface area contributed by atoms with Gasteiger partial charge in [-0.05, 0) is 80.3 Å². The first-order chi connectivity index (χ1) is 19.8. The minimum absolute atomic E-state index is 0.0751. The first-order valence-electron chi connectivity index (χ1n) is 13.0. The molecule has 0 fully saturated rings. The lowest BCUT2D eigenvalue weighted by Gasteiger charge is -2.10. The Hall–Kier alpha value is -3.78. The van der Waals surface area contributed by atoms with Crippen LogP contribution in [0.25, 0.3) is 10.9 Å². The van der Waals surface area contributed by atoms with E-state index in [1.807, 2.05) is 6.07 Å². The fourth-order valence-corrected chi connectivity index (χ4v) is 7.57. The summed E-state index contributed by atoms with van der Waals surface area (Å²) in [5.74, 6) is -0.593. The number of carbonyl (C=O) groups excluding carboxylic acids is 1. The number of H-pyrrole nitrogens is 1. The van der Waals surface area contributed by atoms with Gasteiger partial charge >= 0.3 is 0 Å². The van der Waals surface area contributed by atoms with E-state index < -0.39 is 30.7 Å². The van der Waals surface area contributed by atoms with Crippen molar-refractivity contribution in [3.63, 3.8) is 0 Å². The van der Waals surface area contributed by atoms with E-state index in [9.17, 15) is 31.7 Å². The van der Waals surface area contributed by atoms with Crippen LogP contribution < -0.4 is 10.0 Å². The molecule has 4 aromatic rings. The van der Waals surface area contributed by atoms with Crippen molar-refractivity contribution in [3.05, 3.63) is 92.6 Å². The third-order valence-electron chi connectivity index (χ3n) is 6.50. The number of sulfonamides is 1. The highest BCUT2D eigenvalue weighted by atomic mass is 35.5. The minimum atomic E-state index is -4.10. The number of amides is 1. The van der Waals surface area contributed by atoms with Crippen molar-refractivity contribution >= 4 is 54.0 Å². The molecule has 0 radical (unpaired) electrons. The summed E-state index contributed by atoms with van der Waals surface area (Å²) >= 11 is 6.17. The fraction of sp³-hybridized carbons (Fsp3) is 0.250. The summed E-state index contributed by atoms with van der Waals surface area (Å²) in [5.41, 5.74) is 1.69. The normalized spacial score (nSPS) is 12.0. The molecular weight excluding hydrogens is 604 g/mol. The Kier molecular flexibility index (Phi) is 9.36. The van der Waals surface area contributed by atoms with Crippen LogP contribution in [-0.4, -0.2) is 45.7 Å². The van der Waals surface area contributed by atoms with Gasteiger partial charge in [-0.1, -0.05) is 24.1 Å². The lowest BCUT2D eigenvalue weighted by molar-refractivity contribution is -0.384. The van der Waals surface area contributed by atoms with E-state index in [1.165, 1.54) is 18.2 Å². The van der Waals surface area contributed by atoms with Crippen molar-refractivity contribution in [3.8, 4) is 0 Å². The number of rotatable bonds is 12. The molecule has 222 valence electrons. The third-order valence-corrected chi connectivity index (χ3v) is 10.0. The molecule has 0 aliphatic carbocycles. The van der Waals surface area contributed by atoms with E-state index in [1.54, 1.807) is 38.1 Å². The summed E-state index contributed by atoms with van der Waals surface area (Å²) in [6.07, 6.45) is 1.55. The Bertz CT molecular complexity index is 1850. The van der Waals surface area contributed by atoms with Gasteiger partial charge in [0.2, 0.25) is 19.9 Å². The van der Waals surface area contributed by atoms with Crippen LogP contribution in [-0.2, 0) is 19.9 Å². The minimum Gasteiger partial charge on any atom is -0.351 e. The number of nitro benzene ring substituents is 1. The topological polar surface area (TPSA) is 168 Å². The highest BCUT2D eigenvalue weighted by molar-refractivity contribution is 7.91. The fourth-order valence-electron chi connectivity index (χ4n) is 4.54. The zero-order valence-electron chi connectivity index (χ0n) is 22.8. The highest BCUT2D eigenvalue weighted by Crippen LogP contribution is 2.34. The Labute approximate surface area is 248 Å². The molecule has 0 aliphatic rings. The molecule has 0 saturated carbocycles. The van der Waals surface area contributed by atoms with Crippen molar-refractivity contribution in [2.45, 2.75) is 47.8 Å². The van der Waals surface area contributed by atoms with Gasteiger partial charge in [-0.15, -0.1) is 0 Å². The molecule has 0 atom stereocenters. The number of hydrogen-bond donors (Lipinski definition) is 3. The second-order valence-electron chi connectivity index (χ2n) is 9.81. The number of sulfone groups is 1. The molecule has 0 aliphatic heterocycles. The SMILES string of the molecule is Cc1cc(C)cc(S(=O)(=O)c2c(C(=O)NCCCCCNS(=O)(=O)c3ccc([N+](=O)[O-])cc3)[nH]c3ccc(Cl)cc23)c1. The number of hydrogen-bond acceptors (Lipinski definition) is 7. The van der Waals surface area contributed by atoms with Gasteiger partial charge in [0, 0.05) is 41.1 Å². The van der Waals surface area contributed by atoms with E-state index in [-0.39, 0.29) is 39.2 Å². The number of carbonyl (C=O) groups is 1. The van der Waals surface area contributed by atoms with Gasteiger partial charge in [-0.25, -0.2) is 21.6 Å². The molecular formula is C28H29ClN4O7S2. The Morgan fingerprint density at radius 3 is 2.17 bits per heavy atom. The molecule has 1 heterocycles. The van der Waals surface area contributed by atoms with Crippen LogP contribution in [0.15, 0.2) is 75.4 Å². The first-order valence-corrected chi connectivity index (χ1v) is 16.3. The summed E-state index contributed by atoms with van der Waals surface area (Å²) in [4.78, 5) is 26.1. The van der Waals surface area contributed by atoms with Crippen LogP contribution in [0.5, 0.6) is 0 Å². The summed E-state index contributed by atoms with van der Waals surface area (Å²) < 4.78 is 54.8. The Morgan fingerprint density at radius 2 is 1.52 bits per heavy atom. The van der Waals surface area contributed by atoms with Gasteiger partial charge in [0.25, 0.3) is 11.6 Å². The zero-order valence-corrected chi connectivity index (χ0v) is 25.2. The molecule has 14 heteroatoms.